The molecule has 1 amide bonds. The molecular formula is C33H49N2O2+. The molecule has 4 heteroatoms. The number of likely N-dealkylation sites (tertiary alicyclic amines) is 1. The second-order valence-corrected chi connectivity index (χ2v) is 12.5. The van der Waals surface area contributed by atoms with Crippen LogP contribution in [-0.4, -0.2) is 50.2 Å². The quantitative estimate of drug-likeness (QED) is 0.279. The number of nitrogens with zero attached hydrogens (tertiary/aromatic N) is 1. The summed E-state index contributed by atoms with van der Waals surface area (Å²) >= 11 is 0. The van der Waals surface area contributed by atoms with E-state index in [2.05, 4.69) is 80.8 Å². The zero-order valence-electron chi connectivity index (χ0n) is 23.7. The number of ether oxygens (including phenoxy) is 1. The molecule has 2 aromatic carbocycles. The Hall–Kier alpha value is -2.33. The first-order chi connectivity index (χ1) is 17.8. The van der Waals surface area contributed by atoms with Crippen molar-refractivity contribution in [2.45, 2.75) is 83.1 Å². The lowest BCUT2D eigenvalue weighted by Crippen LogP contribution is -2.62. The smallest absolute Gasteiger partial charge is 0.220 e. The third-order valence-electron chi connectivity index (χ3n) is 9.04. The molecule has 1 aliphatic heterocycles. The number of hydrogen-bond donors (Lipinski definition) is 1. The molecule has 0 aromatic heterocycles. The first-order valence-corrected chi connectivity index (χ1v) is 14.6. The minimum absolute atomic E-state index is 0.120. The average Bonchev–Trinajstić information content (AvgIpc) is 2.88. The summed E-state index contributed by atoms with van der Waals surface area (Å²) in [6.45, 7) is 8.38. The Morgan fingerprint density at radius 2 is 1.89 bits per heavy atom. The van der Waals surface area contributed by atoms with Gasteiger partial charge in [0.15, 0.2) is 0 Å². The van der Waals surface area contributed by atoms with Crippen LogP contribution in [0.1, 0.15) is 76.3 Å². The van der Waals surface area contributed by atoms with E-state index in [4.69, 9.17) is 4.74 Å². The van der Waals surface area contributed by atoms with Gasteiger partial charge in [-0.25, -0.2) is 0 Å². The summed E-state index contributed by atoms with van der Waals surface area (Å²) in [5, 5.41) is 3.46. The molecule has 4 rings (SSSR count). The first kappa shape index (κ1) is 27.7. The fraction of sp³-hybridized carbons (Fsp3) is 0.606. The van der Waals surface area contributed by atoms with Crippen molar-refractivity contribution in [1.82, 2.24) is 5.32 Å². The van der Waals surface area contributed by atoms with Crippen LogP contribution in [-0.2, 0) is 16.6 Å². The molecule has 2 aliphatic rings. The Labute approximate surface area is 225 Å². The van der Waals surface area contributed by atoms with Gasteiger partial charge < -0.3 is 14.5 Å². The van der Waals surface area contributed by atoms with Crippen LogP contribution < -0.4 is 10.1 Å². The number of benzene rings is 2. The number of amides is 1. The van der Waals surface area contributed by atoms with Gasteiger partial charge in [-0.15, -0.1) is 0 Å². The number of piperidine rings is 1. The highest BCUT2D eigenvalue weighted by molar-refractivity contribution is 5.76. The topological polar surface area (TPSA) is 38.3 Å². The van der Waals surface area contributed by atoms with E-state index in [0.717, 1.165) is 44.3 Å². The third kappa shape index (κ3) is 7.16. The minimum atomic E-state index is 0.120. The van der Waals surface area contributed by atoms with Gasteiger partial charge >= 0.3 is 0 Å². The number of quaternary nitrogens is 1. The lowest BCUT2D eigenvalue weighted by atomic mass is 9.57. The molecule has 1 N–H and O–H groups in total. The molecule has 4 nitrogen and oxygen atoms in total. The van der Waals surface area contributed by atoms with Crippen LogP contribution in [0.3, 0.4) is 0 Å². The van der Waals surface area contributed by atoms with Gasteiger partial charge in [0, 0.05) is 36.1 Å². The Morgan fingerprint density at radius 1 is 1.08 bits per heavy atom. The molecule has 0 spiro atoms. The highest BCUT2D eigenvalue weighted by Crippen LogP contribution is 2.51. The number of carbonyl (C=O) groups excluding carboxylic acids is 1. The first-order valence-electron chi connectivity index (χ1n) is 14.6. The van der Waals surface area contributed by atoms with Crippen LogP contribution in [0.15, 0.2) is 54.6 Å². The number of fused-ring (bicyclic) bond motifs is 1. The number of carbonyl (C=O) groups is 1. The SMILES string of the molecule is COc1cccc([C@]23CC[N@@+](C)(CC(C)C)CC2CC[C@@H](NC(=O)CCCCCc2ccccc2)C3)c1. The van der Waals surface area contributed by atoms with E-state index < -0.39 is 0 Å². The lowest BCUT2D eigenvalue weighted by Gasteiger charge is -2.55. The lowest BCUT2D eigenvalue weighted by molar-refractivity contribution is -0.922. The van der Waals surface area contributed by atoms with Gasteiger partial charge in [-0.05, 0) is 61.8 Å². The van der Waals surface area contributed by atoms with Gasteiger partial charge in [-0.1, -0.05) is 62.7 Å². The van der Waals surface area contributed by atoms with Gasteiger partial charge in [0.2, 0.25) is 5.91 Å². The van der Waals surface area contributed by atoms with E-state index in [9.17, 15) is 4.79 Å². The monoisotopic (exact) mass is 505 g/mol. The second-order valence-electron chi connectivity index (χ2n) is 12.5. The molecule has 1 heterocycles. The molecular weight excluding hydrogens is 456 g/mol. The fourth-order valence-electron chi connectivity index (χ4n) is 7.39. The van der Waals surface area contributed by atoms with E-state index in [0.29, 0.717) is 18.3 Å². The molecule has 1 saturated heterocycles. The molecule has 2 fully saturated rings. The number of aryl methyl sites for hydroxylation is 1. The Morgan fingerprint density at radius 3 is 2.65 bits per heavy atom. The summed E-state index contributed by atoms with van der Waals surface area (Å²) in [5.74, 6) is 2.53. The van der Waals surface area contributed by atoms with Crippen LogP contribution >= 0.6 is 0 Å². The molecule has 4 atom stereocenters. The van der Waals surface area contributed by atoms with Gasteiger partial charge in [-0.2, -0.15) is 0 Å². The van der Waals surface area contributed by atoms with Crippen molar-refractivity contribution in [1.29, 1.82) is 0 Å². The number of nitrogens with one attached hydrogen (secondary N) is 1. The predicted molar refractivity (Wildman–Crippen MR) is 153 cm³/mol. The van der Waals surface area contributed by atoms with Gasteiger partial charge in [0.25, 0.3) is 0 Å². The van der Waals surface area contributed by atoms with Gasteiger partial charge in [0.1, 0.15) is 5.75 Å². The van der Waals surface area contributed by atoms with Crippen molar-refractivity contribution in [2.24, 2.45) is 11.8 Å². The Balaban J connectivity index is 1.37. The minimum Gasteiger partial charge on any atom is -0.497 e. The maximum absolute atomic E-state index is 12.9. The molecule has 2 aromatic rings. The molecule has 37 heavy (non-hydrogen) atoms. The predicted octanol–water partition coefficient (Wildman–Crippen LogP) is 6.53. The highest BCUT2D eigenvalue weighted by Gasteiger charge is 2.52. The van der Waals surface area contributed by atoms with Crippen molar-refractivity contribution in [3.8, 4) is 5.75 Å². The molecule has 202 valence electrons. The molecule has 1 aliphatic carbocycles. The Kier molecular flexibility index (Phi) is 9.34. The summed E-state index contributed by atoms with van der Waals surface area (Å²) in [7, 11) is 4.22. The van der Waals surface area contributed by atoms with Crippen LogP contribution in [0.25, 0.3) is 0 Å². The highest BCUT2D eigenvalue weighted by atomic mass is 16.5. The van der Waals surface area contributed by atoms with E-state index in [1.807, 2.05) is 0 Å². The van der Waals surface area contributed by atoms with E-state index in [1.165, 1.54) is 48.1 Å². The van der Waals surface area contributed by atoms with Crippen molar-refractivity contribution < 1.29 is 14.0 Å². The van der Waals surface area contributed by atoms with Crippen LogP contribution in [0.5, 0.6) is 5.75 Å². The third-order valence-corrected chi connectivity index (χ3v) is 9.04. The molecule has 1 unspecified atom stereocenters. The average molecular weight is 506 g/mol. The number of rotatable bonds is 11. The normalized spacial score (nSPS) is 27.5. The Bertz CT molecular complexity index is 1010. The standard InChI is InChI=1S/C33H48N2O2/c1-26(2)24-35(3)21-20-33(28-15-11-16-31(22-28)37-4)23-30(19-18-29(33)25-35)34-32(36)17-10-6-9-14-27-12-7-5-8-13-27/h5,7-8,11-13,15-16,22,26,29-30H,6,9-10,14,17-21,23-25H2,1-4H3/p+1/t29?,30-,33-,35+/m1/s1. The van der Waals surface area contributed by atoms with Crippen molar-refractivity contribution >= 4 is 5.91 Å². The van der Waals surface area contributed by atoms with Gasteiger partial charge in [0.05, 0.1) is 33.8 Å². The van der Waals surface area contributed by atoms with E-state index >= 15 is 0 Å². The van der Waals surface area contributed by atoms with Crippen LogP contribution in [0.2, 0.25) is 0 Å². The van der Waals surface area contributed by atoms with E-state index in [-0.39, 0.29) is 17.4 Å². The maximum atomic E-state index is 12.9. The van der Waals surface area contributed by atoms with Crippen molar-refractivity contribution in [3.63, 3.8) is 0 Å². The summed E-state index contributed by atoms with van der Waals surface area (Å²) in [4.78, 5) is 12.9. The molecule has 0 radical (unpaired) electrons. The van der Waals surface area contributed by atoms with Crippen molar-refractivity contribution in [3.05, 3.63) is 65.7 Å². The van der Waals surface area contributed by atoms with Gasteiger partial charge in [-0.3, -0.25) is 4.79 Å². The molecule has 1 saturated carbocycles. The van der Waals surface area contributed by atoms with E-state index in [1.54, 1.807) is 7.11 Å². The largest absolute Gasteiger partial charge is 0.497 e. The number of unbranched alkanes of at least 4 members (excludes halogenated alkanes) is 2. The number of methoxy groups -OCH3 is 1. The van der Waals surface area contributed by atoms with Crippen LogP contribution in [0.4, 0.5) is 0 Å². The zero-order valence-corrected chi connectivity index (χ0v) is 23.7. The van der Waals surface area contributed by atoms with Crippen LogP contribution in [0, 0.1) is 11.8 Å². The maximum Gasteiger partial charge on any atom is 0.220 e. The summed E-state index contributed by atoms with van der Waals surface area (Å²) in [6, 6.07) is 19.7. The summed E-state index contributed by atoms with van der Waals surface area (Å²) in [6.07, 6.45) is 9.48. The second kappa shape index (κ2) is 12.5. The summed E-state index contributed by atoms with van der Waals surface area (Å²) in [5.41, 5.74) is 2.92. The number of hydrogen-bond acceptors (Lipinski definition) is 2. The summed E-state index contributed by atoms with van der Waals surface area (Å²) < 4.78 is 6.80. The zero-order chi connectivity index (χ0) is 26.3. The van der Waals surface area contributed by atoms with Crippen molar-refractivity contribution in [2.75, 3.05) is 33.8 Å². The fourth-order valence-corrected chi connectivity index (χ4v) is 7.39. The molecule has 0 bridgehead atoms.